The van der Waals surface area contributed by atoms with Crippen molar-refractivity contribution >= 4 is 10.9 Å². The molecule has 0 unspecified atom stereocenters. The van der Waals surface area contributed by atoms with E-state index in [1.807, 2.05) is 24.4 Å². The lowest BCUT2D eigenvalue weighted by Gasteiger charge is -2.12. The second-order valence-corrected chi connectivity index (χ2v) is 6.36. The largest absolute Gasteiger partial charge is 0.491 e. The lowest BCUT2D eigenvalue weighted by atomic mass is 10.1. The maximum atomic E-state index is 5.94. The summed E-state index contributed by atoms with van der Waals surface area (Å²) in [7, 11) is 0. The highest BCUT2D eigenvalue weighted by Gasteiger charge is 2.19. The number of pyridine rings is 1. The maximum Gasteiger partial charge on any atom is 0.145 e. The molecule has 0 bridgehead atoms. The fourth-order valence-electron chi connectivity index (χ4n) is 3.46. The van der Waals surface area contributed by atoms with E-state index in [9.17, 15) is 0 Å². The van der Waals surface area contributed by atoms with Gasteiger partial charge in [-0.2, -0.15) is 0 Å². The molecule has 122 valence electrons. The van der Waals surface area contributed by atoms with E-state index in [2.05, 4.69) is 46.7 Å². The van der Waals surface area contributed by atoms with Gasteiger partial charge < -0.3 is 10.1 Å². The molecule has 1 aromatic heterocycles. The van der Waals surface area contributed by atoms with Crippen LogP contribution in [-0.4, -0.2) is 24.2 Å². The van der Waals surface area contributed by atoms with E-state index >= 15 is 0 Å². The molecule has 3 heteroatoms. The summed E-state index contributed by atoms with van der Waals surface area (Å²) in [5, 5.41) is 4.78. The Kier molecular flexibility index (Phi) is 4.43. The number of nitrogens with one attached hydrogen (secondary N) is 1. The molecule has 0 saturated heterocycles. The molecule has 0 radical (unpaired) electrons. The van der Waals surface area contributed by atoms with Gasteiger partial charge >= 0.3 is 0 Å². The van der Waals surface area contributed by atoms with Gasteiger partial charge in [0.05, 0.1) is 6.61 Å². The molecular weight excluding hydrogens is 296 g/mol. The summed E-state index contributed by atoms with van der Waals surface area (Å²) in [6, 6.07) is 19.4. The van der Waals surface area contributed by atoms with Crippen LogP contribution in [0.2, 0.25) is 0 Å². The van der Waals surface area contributed by atoms with Crippen LogP contribution in [0, 0.1) is 0 Å². The summed E-state index contributed by atoms with van der Waals surface area (Å²) >= 11 is 0. The molecule has 1 heterocycles. The van der Waals surface area contributed by atoms with E-state index in [0.717, 1.165) is 42.5 Å². The van der Waals surface area contributed by atoms with Crippen LogP contribution in [0.25, 0.3) is 10.9 Å². The minimum atomic E-state index is 0.571. The third-order valence-corrected chi connectivity index (χ3v) is 4.66. The minimum Gasteiger partial charge on any atom is -0.491 e. The predicted molar refractivity (Wildman–Crippen MR) is 97.5 cm³/mol. The molecule has 24 heavy (non-hydrogen) atoms. The van der Waals surface area contributed by atoms with Crippen molar-refractivity contribution in [2.75, 3.05) is 13.2 Å². The third-order valence-electron chi connectivity index (χ3n) is 4.66. The van der Waals surface area contributed by atoms with Crippen molar-refractivity contribution in [3.8, 4) is 5.75 Å². The van der Waals surface area contributed by atoms with Gasteiger partial charge in [-0.1, -0.05) is 42.5 Å². The van der Waals surface area contributed by atoms with Crippen molar-refractivity contribution < 1.29 is 4.74 Å². The Morgan fingerprint density at radius 2 is 1.75 bits per heavy atom. The number of para-hydroxylation sites is 1. The molecule has 0 aliphatic heterocycles. The van der Waals surface area contributed by atoms with Crippen LogP contribution >= 0.6 is 0 Å². The number of hydrogen-bond acceptors (Lipinski definition) is 3. The van der Waals surface area contributed by atoms with Crippen LogP contribution in [0.15, 0.2) is 60.8 Å². The number of fused-ring (bicyclic) bond motifs is 2. The van der Waals surface area contributed by atoms with Gasteiger partial charge in [-0.05, 0) is 49.1 Å². The average Bonchev–Trinajstić information content (AvgIpc) is 3.04. The molecule has 0 atom stereocenters. The highest BCUT2D eigenvalue weighted by atomic mass is 16.5. The van der Waals surface area contributed by atoms with E-state index in [0.29, 0.717) is 12.6 Å². The van der Waals surface area contributed by atoms with Gasteiger partial charge in [0.1, 0.15) is 11.3 Å². The summed E-state index contributed by atoms with van der Waals surface area (Å²) < 4.78 is 5.94. The topological polar surface area (TPSA) is 34.1 Å². The molecule has 1 N–H and O–H groups in total. The zero-order valence-electron chi connectivity index (χ0n) is 13.7. The van der Waals surface area contributed by atoms with Gasteiger partial charge in [0, 0.05) is 17.6 Å². The molecule has 3 nitrogen and oxygen atoms in total. The summed E-state index contributed by atoms with van der Waals surface area (Å²) in [4.78, 5) is 4.43. The summed E-state index contributed by atoms with van der Waals surface area (Å²) in [6.45, 7) is 1.69. The van der Waals surface area contributed by atoms with Gasteiger partial charge in [-0.3, -0.25) is 4.98 Å². The lowest BCUT2D eigenvalue weighted by Crippen LogP contribution is -2.31. The van der Waals surface area contributed by atoms with Gasteiger partial charge in [-0.25, -0.2) is 0 Å². The Balaban J connectivity index is 1.24. The molecule has 3 aromatic rings. The van der Waals surface area contributed by atoms with E-state index in [-0.39, 0.29) is 0 Å². The van der Waals surface area contributed by atoms with Gasteiger partial charge in [-0.15, -0.1) is 0 Å². The molecule has 0 saturated carbocycles. The average molecular weight is 318 g/mol. The quantitative estimate of drug-likeness (QED) is 0.703. The highest BCUT2D eigenvalue weighted by molar-refractivity contribution is 5.84. The van der Waals surface area contributed by atoms with Crippen molar-refractivity contribution in [2.24, 2.45) is 0 Å². The Hall–Kier alpha value is -2.39. The zero-order chi connectivity index (χ0) is 16.2. The smallest absolute Gasteiger partial charge is 0.145 e. The Bertz CT molecular complexity index is 800. The summed E-state index contributed by atoms with van der Waals surface area (Å²) in [6.07, 6.45) is 5.10. The first-order chi connectivity index (χ1) is 11.9. The van der Waals surface area contributed by atoms with Gasteiger partial charge in [0.15, 0.2) is 0 Å². The number of ether oxygens (including phenoxy) is 1. The van der Waals surface area contributed by atoms with Crippen LogP contribution in [0.3, 0.4) is 0 Å². The second-order valence-electron chi connectivity index (χ2n) is 6.36. The number of rotatable bonds is 6. The van der Waals surface area contributed by atoms with Crippen LogP contribution in [-0.2, 0) is 12.8 Å². The first-order valence-corrected chi connectivity index (χ1v) is 8.67. The summed E-state index contributed by atoms with van der Waals surface area (Å²) in [5.74, 6) is 0.876. The van der Waals surface area contributed by atoms with E-state index in [4.69, 9.17) is 4.74 Å². The number of hydrogen-bond donors (Lipinski definition) is 1. The monoisotopic (exact) mass is 318 g/mol. The van der Waals surface area contributed by atoms with Crippen LogP contribution < -0.4 is 10.1 Å². The first-order valence-electron chi connectivity index (χ1n) is 8.67. The van der Waals surface area contributed by atoms with Crippen LogP contribution in [0.5, 0.6) is 5.75 Å². The lowest BCUT2D eigenvalue weighted by molar-refractivity contribution is 0.308. The van der Waals surface area contributed by atoms with Crippen molar-refractivity contribution in [1.82, 2.24) is 10.3 Å². The molecular formula is C21H22N2O. The standard InChI is InChI=1S/C21H22N2O/c1-2-7-18-15-19(14-17(18)6-1)22-12-5-13-24-20-10-3-8-16-9-4-11-23-21(16)20/h1-4,6-11,19,22H,5,12-15H2. The Morgan fingerprint density at radius 1 is 0.958 bits per heavy atom. The normalized spacial score (nSPS) is 14.0. The highest BCUT2D eigenvalue weighted by Crippen LogP contribution is 2.23. The third kappa shape index (κ3) is 3.26. The van der Waals surface area contributed by atoms with Crippen LogP contribution in [0.1, 0.15) is 17.5 Å². The number of aromatic nitrogens is 1. The Morgan fingerprint density at radius 3 is 2.58 bits per heavy atom. The number of benzene rings is 2. The van der Waals surface area contributed by atoms with E-state index in [1.54, 1.807) is 0 Å². The van der Waals surface area contributed by atoms with Gasteiger partial charge in [0.25, 0.3) is 0 Å². The fourth-order valence-corrected chi connectivity index (χ4v) is 3.46. The summed E-state index contributed by atoms with van der Waals surface area (Å²) in [5.41, 5.74) is 3.93. The SMILES string of the molecule is c1ccc2c(c1)CC(NCCCOc1cccc3cccnc13)C2. The van der Waals surface area contributed by atoms with Crippen molar-refractivity contribution in [2.45, 2.75) is 25.3 Å². The predicted octanol–water partition coefficient (Wildman–Crippen LogP) is 3.76. The molecule has 1 aliphatic rings. The molecule has 0 amide bonds. The van der Waals surface area contributed by atoms with Crippen molar-refractivity contribution in [3.63, 3.8) is 0 Å². The fraction of sp³-hybridized carbons (Fsp3) is 0.286. The van der Waals surface area contributed by atoms with Gasteiger partial charge in [0.2, 0.25) is 0 Å². The van der Waals surface area contributed by atoms with E-state index in [1.165, 1.54) is 11.1 Å². The van der Waals surface area contributed by atoms with E-state index < -0.39 is 0 Å². The minimum absolute atomic E-state index is 0.571. The maximum absolute atomic E-state index is 5.94. The van der Waals surface area contributed by atoms with Crippen molar-refractivity contribution in [3.05, 3.63) is 71.9 Å². The first kappa shape index (κ1) is 15.2. The second kappa shape index (κ2) is 7.02. The molecule has 0 spiro atoms. The molecule has 1 aliphatic carbocycles. The molecule has 2 aromatic carbocycles. The molecule has 0 fully saturated rings. The zero-order valence-corrected chi connectivity index (χ0v) is 13.7. The Labute approximate surface area is 142 Å². The van der Waals surface area contributed by atoms with Crippen molar-refractivity contribution in [1.29, 1.82) is 0 Å². The molecule has 4 rings (SSSR count). The number of nitrogens with zero attached hydrogens (tertiary/aromatic N) is 1. The van der Waals surface area contributed by atoms with Crippen LogP contribution in [0.4, 0.5) is 0 Å².